The van der Waals surface area contributed by atoms with Crippen LogP contribution in [0.2, 0.25) is 0 Å². The third-order valence-electron chi connectivity index (χ3n) is 3.77. The van der Waals surface area contributed by atoms with Gasteiger partial charge in [0.15, 0.2) is 0 Å². The smallest absolute Gasteiger partial charge is 0.311 e. The number of carbonyl (C=O) groups is 2. The number of amides is 1. The van der Waals surface area contributed by atoms with Gasteiger partial charge in [-0.3, -0.25) is 9.59 Å². The van der Waals surface area contributed by atoms with E-state index in [2.05, 4.69) is 5.32 Å². The lowest BCUT2D eigenvalue weighted by molar-refractivity contribution is -0.153. The van der Waals surface area contributed by atoms with Crippen molar-refractivity contribution >= 4 is 11.9 Å². The molecule has 0 aliphatic heterocycles. The topological polar surface area (TPSA) is 75.6 Å². The van der Waals surface area contributed by atoms with Crippen molar-refractivity contribution in [2.45, 2.75) is 19.3 Å². The van der Waals surface area contributed by atoms with Crippen molar-refractivity contribution in [1.29, 1.82) is 0 Å². The monoisotopic (exact) mass is 281 g/mol. The first-order valence-electron chi connectivity index (χ1n) is 6.34. The Morgan fingerprint density at radius 2 is 2.15 bits per heavy atom. The molecule has 1 fully saturated rings. The van der Waals surface area contributed by atoms with Crippen molar-refractivity contribution in [2.24, 2.45) is 5.41 Å². The van der Waals surface area contributed by atoms with Crippen LogP contribution in [0.3, 0.4) is 0 Å². The molecule has 0 heterocycles. The van der Waals surface area contributed by atoms with Gasteiger partial charge in [-0.25, -0.2) is 4.39 Å². The highest BCUT2D eigenvalue weighted by molar-refractivity contribution is 5.95. The second kappa shape index (κ2) is 5.48. The maximum Gasteiger partial charge on any atom is 0.311 e. The standard InChI is InChI=1S/C14H16FNO4/c1-20-9-3-4-10(11(15)7-9)12(17)16-8-14(13(18)19)5-2-6-14/h3-4,7H,2,5-6,8H2,1H3,(H,16,17)(H,18,19). The van der Waals surface area contributed by atoms with Gasteiger partial charge in [0.25, 0.3) is 5.91 Å². The molecular weight excluding hydrogens is 265 g/mol. The quantitative estimate of drug-likeness (QED) is 0.863. The summed E-state index contributed by atoms with van der Waals surface area (Å²) in [5.74, 6) is -1.91. The largest absolute Gasteiger partial charge is 0.497 e. The number of ether oxygens (including phenoxy) is 1. The maximum absolute atomic E-state index is 13.7. The van der Waals surface area contributed by atoms with E-state index < -0.39 is 23.1 Å². The molecule has 0 atom stereocenters. The van der Waals surface area contributed by atoms with Crippen molar-refractivity contribution in [1.82, 2.24) is 5.32 Å². The minimum absolute atomic E-state index is 0.0205. The van der Waals surface area contributed by atoms with Crippen LogP contribution in [0.5, 0.6) is 5.75 Å². The molecule has 5 nitrogen and oxygen atoms in total. The fourth-order valence-corrected chi connectivity index (χ4v) is 2.22. The van der Waals surface area contributed by atoms with Crippen LogP contribution in [0.4, 0.5) is 4.39 Å². The molecule has 20 heavy (non-hydrogen) atoms. The number of aliphatic carboxylic acids is 1. The highest BCUT2D eigenvalue weighted by Gasteiger charge is 2.44. The van der Waals surface area contributed by atoms with Crippen LogP contribution in [-0.2, 0) is 4.79 Å². The maximum atomic E-state index is 13.7. The van der Waals surface area contributed by atoms with E-state index in [0.29, 0.717) is 18.6 Å². The average Bonchev–Trinajstić information content (AvgIpc) is 2.36. The Bertz CT molecular complexity index is 540. The molecular formula is C14H16FNO4. The zero-order valence-corrected chi connectivity index (χ0v) is 11.1. The van der Waals surface area contributed by atoms with Gasteiger partial charge in [0.05, 0.1) is 18.1 Å². The molecule has 1 saturated carbocycles. The molecule has 1 aromatic rings. The van der Waals surface area contributed by atoms with Crippen LogP contribution in [0.1, 0.15) is 29.6 Å². The van der Waals surface area contributed by atoms with Gasteiger partial charge in [-0.05, 0) is 25.0 Å². The minimum atomic E-state index is -0.917. The zero-order chi connectivity index (χ0) is 14.8. The SMILES string of the molecule is COc1ccc(C(=O)NCC2(C(=O)O)CCC2)c(F)c1. The third-order valence-corrected chi connectivity index (χ3v) is 3.77. The number of nitrogens with one attached hydrogen (secondary N) is 1. The van der Waals surface area contributed by atoms with Crippen LogP contribution in [0, 0.1) is 11.2 Å². The summed E-state index contributed by atoms with van der Waals surface area (Å²) in [7, 11) is 1.40. The number of carbonyl (C=O) groups excluding carboxylic acids is 1. The second-order valence-corrected chi connectivity index (χ2v) is 4.97. The molecule has 108 valence electrons. The Labute approximate surface area is 115 Å². The summed E-state index contributed by atoms with van der Waals surface area (Å²) in [6, 6.07) is 3.91. The van der Waals surface area contributed by atoms with Crippen LogP contribution >= 0.6 is 0 Å². The fourth-order valence-electron chi connectivity index (χ4n) is 2.22. The summed E-state index contributed by atoms with van der Waals surface area (Å²) in [5.41, 5.74) is -1.01. The number of hydrogen-bond donors (Lipinski definition) is 2. The van der Waals surface area contributed by atoms with Gasteiger partial charge in [-0.1, -0.05) is 6.42 Å². The van der Waals surface area contributed by atoms with Gasteiger partial charge in [0.2, 0.25) is 0 Å². The summed E-state index contributed by atoms with van der Waals surface area (Å²) in [6.07, 6.45) is 1.90. The third kappa shape index (κ3) is 2.59. The molecule has 0 bridgehead atoms. The Hall–Kier alpha value is -2.11. The second-order valence-electron chi connectivity index (χ2n) is 4.97. The number of carboxylic acids is 1. The molecule has 1 aliphatic rings. The molecule has 0 spiro atoms. The lowest BCUT2D eigenvalue weighted by Crippen LogP contribution is -2.47. The van der Waals surface area contributed by atoms with Crippen molar-refractivity contribution in [3.05, 3.63) is 29.6 Å². The summed E-state index contributed by atoms with van der Waals surface area (Å²) in [6.45, 7) is 0.0205. The molecule has 1 amide bonds. The van der Waals surface area contributed by atoms with E-state index in [0.717, 1.165) is 12.5 Å². The number of hydrogen-bond acceptors (Lipinski definition) is 3. The lowest BCUT2D eigenvalue weighted by Gasteiger charge is -2.37. The van der Waals surface area contributed by atoms with Gasteiger partial charge in [0.1, 0.15) is 11.6 Å². The Balaban J connectivity index is 2.03. The lowest BCUT2D eigenvalue weighted by atomic mass is 9.69. The van der Waals surface area contributed by atoms with Crippen molar-refractivity contribution < 1.29 is 23.8 Å². The van der Waals surface area contributed by atoms with E-state index in [1.54, 1.807) is 0 Å². The molecule has 0 saturated heterocycles. The normalized spacial score (nSPS) is 16.1. The molecule has 2 rings (SSSR count). The van der Waals surface area contributed by atoms with E-state index in [1.165, 1.54) is 19.2 Å². The highest BCUT2D eigenvalue weighted by atomic mass is 19.1. The van der Waals surface area contributed by atoms with Crippen LogP contribution in [-0.4, -0.2) is 30.6 Å². The van der Waals surface area contributed by atoms with E-state index >= 15 is 0 Å². The number of benzene rings is 1. The molecule has 0 unspecified atom stereocenters. The van der Waals surface area contributed by atoms with Gasteiger partial charge in [-0.2, -0.15) is 0 Å². The van der Waals surface area contributed by atoms with Gasteiger partial charge >= 0.3 is 5.97 Å². The van der Waals surface area contributed by atoms with Crippen molar-refractivity contribution in [2.75, 3.05) is 13.7 Å². The highest BCUT2D eigenvalue weighted by Crippen LogP contribution is 2.40. The predicted octanol–water partition coefficient (Wildman–Crippen LogP) is 1.82. The Morgan fingerprint density at radius 1 is 1.45 bits per heavy atom. The first kappa shape index (κ1) is 14.3. The van der Waals surface area contributed by atoms with Gasteiger partial charge in [0, 0.05) is 12.6 Å². The zero-order valence-electron chi connectivity index (χ0n) is 11.1. The Morgan fingerprint density at radius 3 is 2.60 bits per heavy atom. The first-order chi connectivity index (χ1) is 9.48. The van der Waals surface area contributed by atoms with Crippen LogP contribution in [0.15, 0.2) is 18.2 Å². The van der Waals surface area contributed by atoms with Gasteiger partial charge in [-0.15, -0.1) is 0 Å². The number of halogens is 1. The minimum Gasteiger partial charge on any atom is -0.497 e. The molecule has 0 radical (unpaired) electrons. The summed E-state index contributed by atoms with van der Waals surface area (Å²) in [5, 5.41) is 11.6. The van der Waals surface area contributed by atoms with Crippen LogP contribution < -0.4 is 10.1 Å². The Kier molecular flexibility index (Phi) is 3.92. The molecule has 1 aromatic carbocycles. The first-order valence-corrected chi connectivity index (χ1v) is 6.34. The summed E-state index contributed by atoms with van der Waals surface area (Å²) < 4.78 is 18.6. The predicted molar refractivity (Wildman–Crippen MR) is 69.2 cm³/mol. The summed E-state index contributed by atoms with van der Waals surface area (Å²) in [4.78, 5) is 23.1. The number of carboxylic acid groups (broad SMARTS) is 1. The van der Waals surface area contributed by atoms with E-state index in [-0.39, 0.29) is 12.1 Å². The molecule has 2 N–H and O–H groups in total. The van der Waals surface area contributed by atoms with E-state index in [9.17, 15) is 14.0 Å². The number of rotatable bonds is 5. The molecule has 0 aromatic heterocycles. The fraction of sp³-hybridized carbons (Fsp3) is 0.429. The number of methoxy groups -OCH3 is 1. The van der Waals surface area contributed by atoms with E-state index in [4.69, 9.17) is 9.84 Å². The van der Waals surface area contributed by atoms with Crippen LogP contribution in [0.25, 0.3) is 0 Å². The van der Waals surface area contributed by atoms with Crippen molar-refractivity contribution in [3.63, 3.8) is 0 Å². The van der Waals surface area contributed by atoms with E-state index in [1.807, 2.05) is 0 Å². The van der Waals surface area contributed by atoms with Crippen molar-refractivity contribution in [3.8, 4) is 5.75 Å². The molecule has 6 heteroatoms. The molecule has 1 aliphatic carbocycles. The summed E-state index contributed by atoms with van der Waals surface area (Å²) >= 11 is 0. The average molecular weight is 281 g/mol. The van der Waals surface area contributed by atoms with Gasteiger partial charge < -0.3 is 15.2 Å².